The molecular weight excluding hydrogens is 360 g/mol. The molecule has 29 heavy (non-hydrogen) atoms. The van der Waals surface area contributed by atoms with Gasteiger partial charge in [-0.25, -0.2) is 0 Å². The van der Waals surface area contributed by atoms with Crippen molar-refractivity contribution in [3.05, 3.63) is 107 Å². The molecule has 0 saturated heterocycles. The number of hydrogen-bond donors (Lipinski definition) is 0. The van der Waals surface area contributed by atoms with Gasteiger partial charge in [0.25, 0.3) is 5.91 Å². The van der Waals surface area contributed by atoms with Gasteiger partial charge in [-0.15, -0.1) is 0 Å². The first-order valence-corrected chi connectivity index (χ1v) is 9.74. The summed E-state index contributed by atoms with van der Waals surface area (Å²) in [6, 6.07) is 22.5. The van der Waals surface area contributed by atoms with E-state index in [1.54, 1.807) is 16.9 Å². The van der Waals surface area contributed by atoms with Gasteiger partial charge in [-0.1, -0.05) is 48.0 Å². The first kappa shape index (κ1) is 17.5. The van der Waals surface area contributed by atoms with Gasteiger partial charge in [0.1, 0.15) is 5.69 Å². The number of para-hydroxylation sites is 1. The van der Waals surface area contributed by atoms with Crippen LogP contribution in [0.5, 0.6) is 0 Å². The monoisotopic (exact) mass is 382 g/mol. The number of fused-ring (bicyclic) bond motifs is 3. The summed E-state index contributed by atoms with van der Waals surface area (Å²) in [7, 11) is 1.81. The third-order valence-corrected chi connectivity index (χ3v) is 5.66. The summed E-state index contributed by atoms with van der Waals surface area (Å²) < 4.78 is 3.85. The highest BCUT2D eigenvalue weighted by molar-refractivity contribution is 5.93. The molecule has 2 aromatic carbocycles. The van der Waals surface area contributed by atoms with Crippen molar-refractivity contribution in [3.63, 3.8) is 0 Å². The first-order valence-electron chi connectivity index (χ1n) is 9.74. The Labute approximate surface area is 169 Å². The molecule has 0 aliphatic carbocycles. The number of carbonyl (C=O) groups is 1. The molecule has 0 fully saturated rings. The normalized spacial score (nSPS) is 15.5. The summed E-state index contributed by atoms with van der Waals surface area (Å²) in [5.74, 6) is -0.0278. The molecule has 0 bridgehead atoms. The van der Waals surface area contributed by atoms with Crippen LogP contribution < -0.4 is 0 Å². The van der Waals surface area contributed by atoms with Crippen molar-refractivity contribution in [1.82, 2.24) is 19.2 Å². The molecule has 144 valence electrons. The molecule has 1 amide bonds. The predicted octanol–water partition coefficient (Wildman–Crippen LogP) is 4.26. The summed E-state index contributed by atoms with van der Waals surface area (Å²) >= 11 is 0. The Morgan fingerprint density at radius 1 is 1.00 bits per heavy atom. The van der Waals surface area contributed by atoms with E-state index in [0.29, 0.717) is 12.2 Å². The number of aromatic nitrogens is 3. The van der Waals surface area contributed by atoms with Gasteiger partial charge in [-0.2, -0.15) is 5.10 Å². The zero-order valence-corrected chi connectivity index (χ0v) is 16.5. The number of rotatable bonds is 2. The van der Waals surface area contributed by atoms with E-state index < -0.39 is 0 Å². The maximum atomic E-state index is 13.7. The minimum atomic E-state index is -0.194. The second-order valence-corrected chi connectivity index (χ2v) is 7.52. The smallest absolute Gasteiger partial charge is 0.273 e. The molecule has 1 aliphatic rings. The van der Waals surface area contributed by atoms with E-state index in [1.807, 2.05) is 30.1 Å². The number of hydrogen-bond acceptors (Lipinski definition) is 2. The van der Waals surface area contributed by atoms with Gasteiger partial charge in [0.05, 0.1) is 11.7 Å². The molecule has 1 aliphatic heterocycles. The van der Waals surface area contributed by atoms with Gasteiger partial charge in [-0.05, 0) is 42.3 Å². The first-order chi connectivity index (χ1) is 14.1. The van der Waals surface area contributed by atoms with Crippen LogP contribution in [0.15, 0.2) is 79.1 Å². The van der Waals surface area contributed by atoms with Crippen molar-refractivity contribution in [1.29, 1.82) is 0 Å². The van der Waals surface area contributed by atoms with Crippen molar-refractivity contribution in [2.24, 2.45) is 7.05 Å². The zero-order chi connectivity index (χ0) is 20.0. The topological polar surface area (TPSA) is 43.1 Å². The lowest BCUT2D eigenvalue weighted by Crippen LogP contribution is -2.35. The highest BCUT2D eigenvalue weighted by Gasteiger charge is 2.34. The fourth-order valence-corrected chi connectivity index (χ4v) is 4.17. The largest absolute Gasteiger partial charge is 0.320 e. The zero-order valence-electron chi connectivity index (χ0n) is 16.5. The van der Waals surface area contributed by atoms with E-state index in [0.717, 1.165) is 22.5 Å². The molecule has 3 heterocycles. The summed E-state index contributed by atoms with van der Waals surface area (Å²) in [6.07, 6.45) is 3.75. The summed E-state index contributed by atoms with van der Waals surface area (Å²) in [6.45, 7) is 2.61. The highest BCUT2D eigenvalue weighted by atomic mass is 16.2. The number of aryl methyl sites for hydroxylation is 2. The molecule has 0 N–H and O–H groups in total. The second kappa shape index (κ2) is 6.78. The van der Waals surface area contributed by atoms with Crippen molar-refractivity contribution in [2.45, 2.75) is 19.5 Å². The number of benzene rings is 2. The average Bonchev–Trinajstić information content (AvgIpc) is 3.35. The Bertz CT molecular complexity index is 1190. The van der Waals surface area contributed by atoms with Gasteiger partial charge in [0.2, 0.25) is 0 Å². The van der Waals surface area contributed by atoms with Gasteiger partial charge in [0, 0.05) is 31.7 Å². The quantitative estimate of drug-likeness (QED) is 0.520. The number of nitrogens with zero attached hydrogens (tertiary/aromatic N) is 4. The summed E-state index contributed by atoms with van der Waals surface area (Å²) in [4.78, 5) is 15.6. The molecule has 5 nitrogen and oxygen atoms in total. The maximum Gasteiger partial charge on any atom is 0.273 e. The third-order valence-electron chi connectivity index (χ3n) is 5.66. The van der Waals surface area contributed by atoms with Gasteiger partial charge in [-0.3, -0.25) is 9.48 Å². The fourth-order valence-electron chi connectivity index (χ4n) is 4.17. The van der Waals surface area contributed by atoms with Crippen molar-refractivity contribution in [2.75, 3.05) is 0 Å². The molecule has 0 saturated carbocycles. The molecule has 0 spiro atoms. The van der Waals surface area contributed by atoms with Gasteiger partial charge < -0.3 is 9.47 Å². The Morgan fingerprint density at radius 3 is 2.55 bits per heavy atom. The molecule has 5 heteroatoms. The maximum absolute atomic E-state index is 13.7. The van der Waals surface area contributed by atoms with Gasteiger partial charge in [0.15, 0.2) is 0 Å². The lowest BCUT2D eigenvalue weighted by Gasteiger charge is -2.31. The minimum absolute atomic E-state index is 0.0278. The molecule has 0 radical (unpaired) electrons. The second-order valence-electron chi connectivity index (χ2n) is 7.52. The lowest BCUT2D eigenvalue weighted by molar-refractivity contribution is 0.0679. The predicted molar refractivity (Wildman–Crippen MR) is 112 cm³/mol. The molecule has 0 unspecified atom stereocenters. The van der Waals surface area contributed by atoms with Crippen LogP contribution in [0.3, 0.4) is 0 Å². The van der Waals surface area contributed by atoms with Crippen LogP contribution in [-0.4, -0.2) is 25.2 Å². The van der Waals surface area contributed by atoms with Crippen LogP contribution in [-0.2, 0) is 13.6 Å². The third kappa shape index (κ3) is 2.86. The molecule has 4 aromatic rings. The Hall–Kier alpha value is -3.60. The van der Waals surface area contributed by atoms with Crippen LogP contribution in [0.1, 0.15) is 38.9 Å². The van der Waals surface area contributed by atoms with Crippen molar-refractivity contribution in [3.8, 4) is 5.69 Å². The molecule has 1 atom stereocenters. The summed E-state index contributed by atoms with van der Waals surface area (Å²) in [5, 5.41) is 4.21. The lowest BCUT2D eigenvalue weighted by atomic mass is 10.00. The average molecular weight is 382 g/mol. The van der Waals surface area contributed by atoms with E-state index in [2.05, 4.69) is 65.3 Å². The Morgan fingerprint density at radius 2 is 1.79 bits per heavy atom. The van der Waals surface area contributed by atoms with Crippen LogP contribution >= 0.6 is 0 Å². The van der Waals surface area contributed by atoms with Crippen LogP contribution in [0, 0.1) is 6.92 Å². The Kier molecular flexibility index (Phi) is 4.09. The van der Waals surface area contributed by atoms with E-state index in [4.69, 9.17) is 0 Å². The van der Waals surface area contributed by atoms with Gasteiger partial charge >= 0.3 is 0 Å². The Balaban J connectivity index is 1.73. The summed E-state index contributed by atoms with van der Waals surface area (Å²) in [5.41, 5.74) is 6.19. The molecular formula is C24H22N4O. The van der Waals surface area contributed by atoms with Crippen LogP contribution in [0.25, 0.3) is 5.69 Å². The number of amides is 1. The van der Waals surface area contributed by atoms with E-state index in [-0.39, 0.29) is 11.9 Å². The fraction of sp³-hybridized carbons (Fsp3) is 0.167. The molecule has 2 aromatic heterocycles. The number of carbonyl (C=O) groups excluding carboxylic acids is 1. The minimum Gasteiger partial charge on any atom is -0.320 e. The van der Waals surface area contributed by atoms with E-state index in [9.17, 15) is 4.79 Å². The van der Waals surface area contributed by atoms with E-state index in [1.165, 1.54) is 5.56 Å². The van der Waals surface area contributed by atoms with Crippen molar-refractivity contribution >= 4 is 5.91 Å². The molecule has 5 rings (SSSR count). The standard InChI is InChI=1S/C24H22N4O/c1-17-9-11-18(12-10-17)23-21-8-5-15-27(21)20-7-4-3-6-19(20)16-28(23)24(29)22-13-14-25-26(22)2/h3-15,23H,16H2,1-2H3/t23-/m0/s1. The van der Waals surface area contributed by atoms with E-state index >= 15 is 0 Å². The van der Waals surface area contributed by atoms with Crippen LogP contribution in [0.4, 0.5) is 0 Å². The SMILES string of the molecule is Cc1ccc([C@H]2c3cccn3-c3ccccc3CN2C(=O)c2ccnn2C)cc1. The highest BCUT2D eigenvalue weighted by Crippen LogP contribution is 2.37. The van der Waals surface area contributed by atoms with Crippen molar-refractivity contribution < 1.29 is 4.79 Å². The van der Waals surface area contributed by atoms with Crippen LogP contribution in [0.2, 0.25) is 0 Å².